The zero-order chi connectivity index (χ0) is 13.0. The molecule has 18 heavy (non-hydrogen) atoms. The van der Waals surface area contributed by atoms with Crippen molar-refractivity contribution in [3.63, 3.8) is 0 Å². The zero-order valence-electron chi connectivity index (χ0n) is 9.80. The molecule has 0 saturated carbocycles. The molecule has 1 unspecified atom stereocenters. The number of nitrogens with zero attached hydrogens (tertiary/aromatic N) is 1. The maximum atomic E-state index is 12.9. The molecule has 1 aromatic rings. The molecule has 98 valence electrons. The van der Waals surface area contributed by atoms with Crippen molar-refractivity contribution in [1.29, 1.82) is 0 Å². The first-order chi connectivity index (χ1) is 8.63. The number of rotatable bonds is 3. The molecule has 1 aliphatic rings. The SMILES string of the molecule is O=C(NCc1cccc(F)c1)OC1CCN(O)C1. The van der Waals surface area contributed by atoms with Crippen molar-refractivity contribution in [3.05, 3.63) is 35.6 Å². The van der Waals surface area contributed by atoms with Crippen LogP contribution in [0.15, 0.2) is 24.3 Å². The summed E-state index contributed by atoms with van der Waals surface area (Å²) < 4.78 is 18.0. The Morgan fingerprint density at radius 2 is 2.44 bits per heavy atom. The van der Waals surface area contributed by atoms with Gasteiger partial charge in [0.15, 0.2) is 0 Å². The molecule has 1 aliphatic heterocycles. The highest BCUT2D eigenvalue weighted by Crippen LogP contribution is 2.10. The van der Waals surface area contributed by atoms with Gasteiger partial charge in [-0.25, -0.2) is 9.18 Å². The lowest BCUT2D eigenvalue weighted by atomic mass is 10.2. The van der Waals surface area contributed by atoms with Gasteiger partial charge in [-0.05, 0) is 17.7 Å². The van der Waals surface area contributed by atoms with E-state index in [1.165, 1.54) is 12.1 Å². The Morgan fingerprint density at radius 1 is 1.61 bits per heavy atom. The number of hydrogen-bond acceptors (Lipinski definition) is 4. The molecule has 0 radical (unpaired) electrons. The minimum Gasteiger partial charge on any atom is -0.445 e. The molecule has 0 aliphatic carbocycles. The topological polar surface area (TPSA) is 61.8 Å². The summed E-state index contributed by atoms with van der Waals surface area (Å²) in [6.07, 6.45) is -0.230. The third-order valence-electron chi connectivity index (χ3n) is 2.72. The highest BCUT2D eigenvalue weighted by molar-refractivity contribution is 5.67. The van der Waals surface area contributed by atoms with E-state index >= 15 is 0 Å². The molecule has 1 saturated heterocycles. The van der Waals surface area contributed by atoms with Crippen LogP contribution in [0, 0.1) is 5.82 Å². The van der Waals surface area contributed by atoms with E-state index < -0.39 is 6.09 Å². The second-order valence-electron chi connectivity index (χ2n) is 4.21. The van der Waals surface area contributed by atoms with Crippen LogP contribution >= 0.6 is 0 Å². The van der Waals surface area contributed by atoms with Gasteiger partial charge in [0.1, 0.15) is 11.9 Å². The average molecular weight is 254 g/mol. The van der Waals surface area contributed by atoms with Crippen LogP contribution in [0.1, 0.15) is 12.0 Å². The number of carbonyl (C=O) groups is 1. The van der Waals surface area contributed by atoms with Crippen LogP contribution in [0.4, 0.5) is 9.18 Å². The summed E-state index contributed by atoms with van der Waals surface area (Å²) in [5, 5.41) is 12.8. The van der Waals surface area contributed by atoms with E-state index in [0.29, 0.717) is 25.1 Å². The molecule has 1 amide bonds. The summed E-state index contributed by atoms with van der Waals surface area (Å²) in [4.78, 5) is 11.4. The highest BCUT2D eigenvalue weighted by atomic mass is 19.1. The molecule has 2 rings (SSSR count). The predicted molar refractivity (Wildman–Crippen MR) is 61.5 cm³/mol. The van der Waals surface area contributed by atoms with Crippen LogP contribution in [-0.4, -0.2) is 35.6 Å². The molecule has 5 nitrogen and oxygen atoms in total. The van der Waals surface area contributed by atoms with Crippen LogP contribution in [0.2, 0.25) is 0 Å². The van der Waals surface area contributed by atoms with Crippen molar-refractivity contribution < 1.29 is 19.1 Å². The van der Waals surface area contributed by atoms with E-state index in [1.54, 1.807) is 12.1 Å². The van der Waals surface area contributed by atoms with Crippen molar-refractivity contribution in [3.8, 4) is 0 Å². The number of hydroxylamine groups is 2. The van der Waals surface area contributed by atoms with E-state index in [-0.39, 0.29) is 18.5 Å². The van der Waals surface area contributed by atoms with E-state index in [2.05, 4.69) is 5.32 Å². The summed E-state index contributed by atoms with van der Waals surface area (Å²) in [6.45, 7) is 1.04. The van der Waals surface area contributed by atoms with E-state index in [4.69, 9.17) is 9.94 Å². The fraction of sp³-hybridized carbons (Fsp3) is 0.417. The molecule has 1 heterocycles. The number of amides is 1. The zero-order valence-corrected chi connectivity index (χ0v) is 9.80. The molecule has 1 atom stereocenters. The van der Waals surface area contributed by atoms with E-state index in [9.17, 15) is 9.18 Å². The Hall–Kier alpha value is -1.66. The van der Waals surface area contributed by atoms with Crippen LogP contribution in [-0.2, 0) is 11.3 Å². The highest BCUT2D eigenvalue weighted by Gasteiger charge is 2.24. The van der Waals surface area contributed by atoms with Gasteiger partial charge in [0.25, 0.3) is 0 Å². The van der Waals surface area contributed by atoms with Gasteiger partial charge in [0.05, 0.1) is 6.54 Å². The third kappa shape index (κ3) is 3.68. The van der Waals surface area contributed by atoms with Gasteiger partial charge in [0, 0.05) is 19.5 Å². The number of nitrogens with one attached hydrogen (secondary N) is 1. The summed E-state index contributed by atoms with van der Waals surface area (Å²) >= 11 is 0. The first-order valence-corrected chi connectivity index (χ1v) is 5.76. The fourth-order valence-electron chi connectivity index (χ4n) is 1.82. The van der Waals surface area contributed by atoms with Crippen molar-refractivity contribution in [1.82, 2.24) is 10.4 Å². The van der Waals surface area contributed by atoms with E-state index in [0.717, 1.165) is 5.06 Å². The molecule has 1 fully saturated rings. The van der Waals surface area contributed by atoms with Crippen molar-refractivity contribution in [2.24, 2.45) is 0 Å². The lowest BCUT2D eigenvalue weighted by Gasteiger charge is -2.12. The molecule has 0 spiro atoms. The van der Waals surface area contributed by atoms with Crippen LogP contribution in [0.3, 0.4) is 0 Å². The Bertz CT molecular complexity index is 428. The second kappa shape index (κ2) is 5.79. The molecular formula is C12H15FN2O3. The monoisotopic (exact) mass is 254 g/mol. The quantitative estimate of drug-likeness (QED) is 0.858. The first-order valence-electron chi connectivity index (χ1n) is 5.76. The average Bonchev–Trinajstić information content (AvgIpc) is 2.72. The summed E-state index contributed by atoms with van der Waals surface area (Å²) in [5.74, 6) is -0.339. The minimum absolute atomic E-state index is 0.214. The van der Waals surface area contributed by atoms with Crippen LogP contribution in [0.5, 0.6) is 0 Å². The number of benzene rings is 1. The lowest BCUT2D eigenvalue weighted by molar-refractivity contribution is -0.0765. The van der Waals surface area contributed by atoms with Gasteiger partial charge >= 0.3 is 6.09 Å². The van der Waals surface area contributed by atoms with Gasteiger partial charge in [-0.2, -0.15) is 5.06 Å². The third-order valence-corrected chi connectivity index (χ3v) is 2.72. The molecule has 2 N–H and O–H groups in total. The first kappa shape index (κ1) is 12.8. The molecule has 6 heteroatoms. The van der Waals surface area contributed by atoms with Crippen molar-refractivity contribution in [2.45, 2.75) is 19.1 Å². The number of hydrogen-bond donors (Lipinski definition) is 2. The van der Waals surface area contributed by atoms with E-state index in [1.807, 2.05) is 0 Å². The van der Waals surface area contributed by atoms with Crippen molar-refractivity contribution >= 4 is 6.09 Å². The Kier molecular flexibility index (Phi) is 4.11. The Labute approximate surface area is 104 Å². The number of ether oxygens (including phenoxy) is 1. The smallest absolute Gasteiger partial charge is 0.407 e. The fourth-order valence-corrected chi connectivity index (χ4v) is 1.82. The number of halogens is 1. The lowest BCUT2D eigenvalue weighted by Crippen LogP contribution is -2.30. The second-order valence-corrected chi connectivity index (χ2v) is 4.21. The summed E-state index contributed by atoms with van der Waals surface area (Å²) in [7, 11) is 0. The largest absolute Gasteiger partial charge is 0.445 e. The Balaban J connectivity index is 1.75. The summed E-state index contributed by atoms with van der Waals surface area (Å²) in [6, 6.07) is 5.99. The maximum Gasteiger partial charge on any atom is 0.407 e. The van der Waals surface area contributed by atoms with Crippen molar-refractivity contribution in [2.75, 3.05) is 13.1 Å². The Morgan fingerprint density at radius 3 is 3.11 bits per heavy atom. The molecule has 1 aromatic carbocycles. The van der Waals surface area contributed by atoms with Gasteiger partial charge < -0.3 is 15.3 Å². The normalized spacial score (nSPS) is 19.8. The van der Waals surface area contributed by atoms with Crippen LogP contribution < -0.4 is 5.32 Å². The predicted octanol–water partition coefficient (Wildman–Crippen LogP) is 1.52. The molecule has 0 aromatic heterocycles. The van der Waals surface area contributed by atoms with Gasteiger partial charge in [0.2, 0.25) is 0 Å². The maximum absolute atomic E-state index is 12.9. The summed E-state index contributed by atoms with van der Waals surface area (Å²) in [5.41, 5.74) is 0.669. The standard InChI is InChI=1S/C12H15FN2O3/c13-10-3-1-2-9(6-10)7-14-12(16)18-11-4-5-15(17)8-11/h1-3,6,11,17H,4-5,7-8H2,(H,14,16). The van der Waals surface area contributed by atoms with Gasteiger partial charge in [-0.3, -0.25) is 0 Å². The number of alkyl carbamates (subject to hydrolysis) is 1. The number of carbonyl (C=O) groups excluding carboxylic acids is 1. The molecule has 0 bridgehead atoms. The molecular weight excluding hydrogens is 239 g/mol. The van der Waals surface area contributed by atoms with Gasteiger partial charge in [-0.1, -0.05) is 12.1 Å². The van der Waals surface area contributed by atoms with Crippen LogP contribution in [0.25, 0.3) is 0 Å². The van der Waals surface area contributed by atoms with Gasteiger partial charge in [-0.15, -0.1) is 0 Å². The minimum atomic E-state index is -0.556.